The van der Waals surface area contributed by atoms with Crippen molar-refractivity contribution in [1.82, 2.24) is 5.32 Å². The number of fused-ring (bicyclic) bond motifs is 2. The van der Waals surface area contributed by atoms with E-state index in [4.69, 9.17) is 4.74 Å². The van der Waals surface area contributed by atoms with Crippen LogP contribution in [0.4, 0.5) is 5.69 Å². The molecule has 0 saturated heterocycles. The number of amides is 2. The van der Waals surface area contributed by atoms with Crippen molar-refractivity contribution >= 4 is 17.5 Å². The van der Waals surface area contributed by atoms with E-state index in [1.807, 2.05) is 19.1 Å². The summed E-state index contributed by atoms with van der Waals surface area (Å²) in [7, 11) is 0. The Morgan fingerprint density at radius 1 is 1.07 bits per heavy atom. The van der Waals surface area contributed by atoms with Crippen LogP contribution in [0.1, 0.15) is 66.2 Å². The summed E-state index contributed by atoms with van der Waals surface area (Å²) in [6.07, 6.45) is 6.90. The summed E-state index contributed by atoms with van der Waals surface area (Å²) >= 11 is 0. The fourth-order valence-electron chi connectivity index (χ4n) is 4.07. The fraction of sp³-hybridized carbons (Fsp3) is 0.391. The van der Waals surface area contributed by atoms with Crippen LogP contribution in [-0.2, 0) is 0 Å². The van der Waals surface area contributed by atoms with Gasteiger partial charge in [-0.25, -0.2) is 0 Å². The molecular weight excluding hydrogens is 352 g/mol. The third-order valence-corrected chi connectivity index (χ3v) is 5.60. The van der Waals surface area contributed by atoms with Crippen molar-refractivity contribution < 1.29 is 14.3 Å². The first-order valence-electron chi connectivity index (χ1n) is 10.2. The lowest BCUT2D eigenvalue weighted by atomic mass is 10.1. The molecule has 0 radical (unpaired) electrons. The van der Waals surface area contributed by atoms with Crippen molar-refractivity contribution in [3.8, 4) is 11.5 Å². The maximum atomic E-state index is 13.0. The minimum atomic E-state index is -0.113. The summed E-state index contributed by atoms with van der Waals surface area (Å²) in [6, 6.07) is 12.8. The zero-order chi connectivity index (χ0) is 19.5. The Balaban J connectivity index is 1.63. The number of benzene rings is 2. The van der Waals surface area contributed by atoms with Gasteiger partial charge in [0.15, 0.2) is 5.75 Å². The first-order valence-corrected chi connectivity index (χ1v) is 10.2. The molecule has 1 aliphatic heterocycles. The summed E-state index contributed by atoms with van der Waals surface area (Å²) in [5, 5.41) is 3.18. The predicted octanol–water partition coefficient (Wildman–Crippen LogP) is 4.91. The monoisotopic (exact) mass is 378 g/mol. The Bertz CT molecular complexity index is 885. The van der Waals surface area contributed by atoms with Gasteiger partial charge < -0.3 is 15.0 Å². The van der Waals surface area contributed by atoms with Crippen LogP contribution in [0.2, 0.25) is 0 Å². The molecule has 1 N–H and O–H groups in total. The van der Waals surface area contributed by atoms with Gasteiger partial charge in [-0.15, -0.1) is 0 Å². The molecule has 0 unspecified atom stereocenters. The normalized spacial score (nSPS) is 17.0. The van der Waals surface area contributed by atoms with Crippen LogP contribution in [0.15, 0.2) is 42.5 Å². The van der Waals surface area contributed by atoms with Gasteiger partial charge in [0.2, 0.25) is 0 Å². The van der Waals surface area contributed by atoms with E-state index < -0.39 is 0 Å². The fourth-order valence-corrected chi connectivity index (χ4v) is 4.07. The van der Waals surface area contributed by atoms with Crippen molar-refractivity contribution in [3.63, 3.8) is 0 Å². The summed E-state index contributed by atoms with van der Waals surface area (Å²) in [5.41, 5.74) is 1.73. The molecule has 2 aromatic rings. The van der Waals surface area contributed by atoms with E-state index in [2.05, 4.69) is 5.32 Å². The standard InChI is InChI=1S/C23H26N2O3/c1-2-25-19-15-16(22(26)24-17-9-5-3-4-6-10-17)13-14-21(19)28-20-12-8-7-11-18(20)23(25)27/h7-8,11-15,17H,2-6,9-10H2,1H3,(H,24,26). The van der Waals surface area contributed by atoms with E-state index in [1.54, 1.807) is 35.2 Å². The smallest absolute Gasteiger partial charge is 0.262 e. The van der Waals surface area contributed by atoms with Gasteiger partial charge in [-0.1, -0.05) is 37.8 Å². The number of para-hydroxylation sites is 1. The van der Waals surface area contributed by atoms with Gasteiger partial charge in [-0.2, -0.15) is 0 Å². The molecule has 0 spiro atoms. The number of carbonyl (C=O) groups excluding carboxylic acids is 2. The lowest BCUT2D eigenvalue weighted by molar-refractivity contribution is 0.0931. The third kappa shape index (κ3) is 3.61. The van der Waals surface area contributed by atoms with Gasteiger partial charge in [-0.3, -0.25) is 9.59 Å². The number of hydrogen-bond donors (Lipinski definition) is 1. The van der Waals surface area contributed by atoms with Crippen molar-refractivity contribution in [3.05, 3.63) is 53.6 Å². The predicted molar refractivity (Wildman–Crippen MR) is 109 cm³/mol. The molecular formula is C23H26N2O3. The van der Waals surface area contributed by atoms with Crippen LogP contribution in [0.3, 0.4) is 0 Å². The molecule has 146 valence electrons. The Morgan fingerprint density at radius 2 is 1.82 bits per heavy atom. The van der Waals surface area contributed by atoms with Crippen LogP contribution in [-0.4, -0.2) is 24.4 Å². The molecule has 5 nitrogen and oxygen atoms in total. The third-order valence-electron chi connectivity index (χ3n) is 5.60. The molecule has 0 bridgehead atoms. The second-order valence-corrected chi connectivity index (χ2v) is 7.49. The van der Waals surface area contributed by atoms with Gasteiger partial charge in [-0.05, 0) is 50.1 Å². The van der Waals surface area contributed by atoms with Gasteiger partial charge in [0.1, 0.15) is 5.75 Å². The molecule has 5 heteroatoms. The number of hydrogen-bond acceptors (Lipinski definition) is 3. The van der Waals surface area contributed by atoms with Crippen LogP contribution < -0.4 is 15.0 Å². The highest BCUT2D eigenvalue weighted by Crippen LogP contribution is 2.39. The van der Waals surface area contributed by atoms with Crippen LogP contribution >= 0.6 is 0 Å². The molecule has 2 aromatic carbocycles. The Labute approximate surface area is 165 Å². The minimum Gasteiger partial charge on any atom is -0.454 e. The van der Waals surface area contributed by atoms with Crippen molar-refractivity contribution in [2.24, 2.45) is 0 Å². The van der Waals surface area contributed by atoms with Gasteiger partial charge in [0.05, 0.1) is 11.3 Å². The maximum Gasteiger partial charge on any atom is 0.262 e. The van der Waals surface area contributed by atoms with Crippen LogP contribution in [0.25, 0.3) is 0 Å². The molecule has 4 rings (SSSR count). The van der Waals surface area contributed by atoms with Gasteiger partial charge >= 0.3 is 0 Å². The first-order chi connectivity index (χ1) is 13.7. The van der Waals surface area contributed by atoms with Crippen LogP contribution in [0, 0.1) is 0 Å². The summed E-state index contributed by atoms with van der Waals surface area (Å²) in [6.45, 7) is 2.42. The molecule has 1 heterocycles. The molecule has 0 atom stereocenters. The lowest BCUT2D eigenvalue weighted by Gasteiger charge is -2.21. The van der Waals surface area contributed by atoms with Crippen molar-refractivity contribution in [2.75, 3.05) is 11.4 Å². The topological polar surface area (TPSA) is 58.6 Å². The number of nitrogens with one attached hydrogen (secondary N) is 1. The molecule has 1 fully saturated rings. The Morgan fingerprint density at radius 3 is 2.57 bits per heavy atom. The van der Waals surface area contributed by atoms with E-state index in [0.717, 1.165) is 12.8 Å². The first kappa shape index (κ1) is 18.5. The van der Waals surface area contributed by atoms with E-state index in [0.29, 0.717) is 34.9 Å². The highest BCUT2D eigenvalue weighted by molar-refractivity contribution is 6.10. The van der Waals surface area contributed by atoms with Gasteiger partial charge in [0.25, 0.3) is 11.8 Å². The lowest BCUT2D eigenvalue weighted by Crippen LogP contribution is -2.34. The second kappa shape index (κ2) is 8.05. The highest BCUT2D eigenvalue weighted by Gasteiger charge is 2.28. The average molecular weight is 378 g/mol. The minimum absolute atomic E-state index is 0.0834. The number of nitrogens with zero attached hydrogens (tertiary/aromatic N) is 1. The number of carbonyl (C=O) groups is 2. The van der Waals surface area contributed by atoms with Crippen molar-refractivity contribution in [2.45, 2.75) is 51.5 Å². The number of anilines is 1. The zero-order valence-corrected chi connectivity index (χ0v) is 16.2. The quantitative estimate of drug-likeness (QED) is 0.772. The molecule has 1 saturated carbocycles. The second-order valence-electron chi connectivity index (χ2n) is 7.49. The SMILES string of the molecule is CCN1C(=O)c2ccccc2Oc2ccc(C(=O)NC3CCCCCC3)cc21. The molecule has 28 heavy (non-hydrogen) atoms. The molecule has 2 amide bonds. The largest absolute Gasteiger partial charge is 0.454 e. The molecule has 1 aliphatic carbocycles. The summed E-state index contributed by atoms with van der Waals surface area (Å²) < 4.78 is 6.01. The Hall–Kier alpha value is -2.82. The van der Waals surface area contributed by atoms with E-state index in [-0.39, 0.29) is 17.9 Å². The van der Waals surface area contributed by atoms with Gasteiger partial charge in [0, 0.05) is 18.2 Å². The van der Waals surface area contributed by atoms with Crippen LogP contribution in [0.5, 0.6) is 11.5 Å². The zero-order valence-electron chi connectivity index (χ0n) is 16.2. The molecule has 2 aliphatic rings. The van der Waals surface area contributed by atoms with E-state index in [9.17, 15) is 9.59 Å². The van der Waals surface area contributed by atoms with E-state index in [1.165, 1.54) is 25.7 Å². The summed E-state index contributed by atoms with van der Waals surface area (Å²) in [4.78, 5) is 27.5. The van der Waals surface area contributed by atoms with Crippen molar-refractivity contribution in [1.29, 1.82) is 0 Å². The number of rotatable bonds is 3. The number of ether oxygens (including phenoxy) is 1. The van der Waals surface area contributed by atoms with E-state index >= 15 is 0 Å². The Kier molecular flexibility index (Phi) is 5.33. The summed E-state index contributed by atoms with van der Waals surface area (Å²) in [5.74, 6) is 0.935. The average Bonchev–Trinajstić information content (AvgIpc) is 3.03. The maximum absolute atomic E-state index is 13.0. The molecule has 0 aromatic heterocycles. The highest BCUT2D eigenvalue weighted by atomic mass is 16.5.